The summed E-state index contributed by atoms with van der Waals surface area (Å²) in [4.78, 5) is 16.3. The van der Waals surface area contributed by atoms with Gasteiger partial charge in [-0.1, -0.05) is 29.8 Å². The second-order valence-electron chi connectivity index (χ2n) is 5.34. The van der Waals surface area contributed by atoms with Crippen molar-refractivity contribution in [1.29, 1.82) is 0 Å². The predicted molar refractivity (Wildman–Crippen MR) is 97.4 cm³/mol. The Hall–Kier alpha value is -2.92. The number of rotatable bonds is 5. The summed E-state index contributed by atoms with van der Waals surface area (Å²) in [5.41, 5.74) is 2.53. The number of pyridine rings is 1. The highest BCUT2D eigenvalue weighted by Gasteiger charge is 2.08. The summed E-state index contributed by atoms with van der Waals surface area (Å²) < 4.78 is 12.9. The van der Waals surface area contributed by atoms with E-state index in [0.717, 1.165) is 11.3 Å². The summed E-state index contributed by atoms with van der Waals surface area (Å²) in [6, 6.07) is 16.5. The normalized spacial score (nSPS) is 10.3. The number of anilines is 2. The molecule has 126 valence electrons. The molecule has 2 aromatic carbocycles. The molecular formula is C19H15ClFN3O. The molecule has 0 saturated carbocycles. The van der Waals surface area contributed by atoms with Crippen LogP contribution < -0.4 is 10.6 Å². The third-order valence-corrected chi connectivity index (χ3v) is 3.91. The molecule has 0 aliphatic heterocycles. The van der Waals surface area contributed by atoms with Gasteiger partial charge in [0.05, 0.1) is 11.9 Å². The van der Waals surface area contributed by atoms with E-state index < -0.39 is 0 Å². The van der Waals surface area contributed by atoms with Crippen LogP contribution in [-0.4, -0.2) is 10.9 Å². The molecule has 1 heterocycles. The molecule has 3 aromatic rings. The van der Waals surface area contributed by atoms with Crippen LogP contribution in [0.4, 0.5) is 15.8 Å². The van der Waals surface area contributed by atoms with Crippen molar-refractivity contribution < 1.29 is 9.18 Å². The largest absolute Gasteiger partial charge is 0.380 e. The molecule has 0 fully saturated rings. The topological polar surface area (TPSA) is 54.0 Å². The number of benzene rings is 2. The SMILES string of the molecule is O=C(Nc1ccc(F)cc1)c1ccc(NCc2ccccc2Cl)cn1. The predicted octanol–water partition coefficient (Wildman–Crippen LogP) is 4.74. The number of carbonyl (C=O) groups excluding carboxylic acids is 1. The minimum atomic E-state index is -0.357. The first-order valence-electron chi connectivity index (χ1n) is 7.62. The van der Waals surface area contributed by atoms with E-state index in [1.807, 2.05) is 24.3 Å². The van der Waals surface area contributed by atoms with Crippen molar-refractivity contribution in [3.63, 3.8) is 0 Å². The molecule has 0 spiro atoms. The third kappa shape index (κ3) is 4.55. The number of hydrogen-bond donors (Lipinski definition) is 2. The van der Waals surface area contributed by atoms with Crippen LogP contribution in [0.25, 0.3) is 0 Å². The average Bonchev–Trinajstić information content (AvgIpc) is 2.63. The molecule has 25 heavy (non-hydrogen) atoms. The minimum absolute atomic E-state index is 0.271. The highest BCUT2D eigenvalue weighted by Crippen LogP contribution is 2.17. The molecule has 6 heteroatoms. The monoisotopic (exact) mass is 355 g/mol. The van der Waals surface area contributed by atoms with Gasteiger partial charge in [-0.3, -0.25) is 4.79 Å². The van der Waals surface area contributed by atoms with Crippen LogP contribution in [-0.2, 0) is 6.54 Å². The van der Waals surface area contributed by atoms with E-state index in [1.54, 1.807) is 18.3 Å². The lowest BCUT2D eigenvalue weighted by Crippen LogP contribution is -2.13. The quantitative estimate of drug-likeness (QED) is 0.695. The second-order valence-corrected chi connectivity index (χ2v) is 5.75. The molecule has 3 rings (SSSR count). The highest BCUT2D eigenvalue weighted by molar-refractivity contribution is 6.31. The molecule has 0 saturated heterocycles. The van der Waals surface area contributed by atoms with Gasteiger partial charge < -0.3 is 10.6 Å². The van der Waals surface area contributed by atoms with Crippen LogP contribution in [0.1, 0.15) is 16.1 Å². The van der Waals surface area contributed by atoms with E-state index in [4.69, 9.17) is 11.6 Å². The molecule has 2 N–H and O–H groups in total. The van der Waals surface area contributed by atoms with Gasteiger partial charge in [0.2, 0.25) is 0 Å². The highest BCUT2D eigenvalue weighted by atomic mass is 35.5. The summed E-state index contributed by atoms with van der Waals surface area (Å²) in [6.45, 7) is 0.558. The molecule has 0 aliphatic carbocycles. The van der Waals surface area contributed by atoms with Gasteiger partial charge in [0, 0.05) is 17.3 Å². The van der Waals surface area contributed by atoms with E-state index in [1.165, 1.54) is 24.3 Å². The fourth-order valence-electron chi connectivity index (χ4n) is 2.20. The van der Waals surface area contributed by atoms with Crippen molar-refractivity contribution in [2.24, 2.45) is 0 Å². The van der Waals surface area contributed by atoms with Crippen molar-refractivity contribution in [2.75, 3.05) is 10.6 Å². The van der Waals surface area contributed by atoms with E-state index >= 15 is 0 Å². The Balaban J connectivity index is 1.60. The molecule has 1 aromatic heterocycles. The Labute approximate surface area is 149 Å². The van der Waals surface area contributed by atoms with Gasteiger partial charge in [0.1, 0.15) is 11.5 Å². The molecule has 0 bridgehead atoms. The maximum absolute atomic E-state index is 12.9. The maximum Gasteiger partial charge on any atom is 0.274 e. The molecular weight excluding hydrogens is 341 g/mol. The molecule has 0 unspecified atom stereocenters. The first kappa shape index (κ1) is 16.9. The van der Waals surface area contributed by atoms with Gasteiger partial charge in [-0.25, -0.2) is 9.37 Å². The summed E-state index contributed by atoms with van der Waals surface area (Å²) >= 11 is 6.11. The number of carbonyl (C=O) groups is 1. The van der Waals surface area contributed by atoms with Crippen LogP contribution in [0.15, 0.2) is 66.9 Å². The number of hydrogen-bond acceptors (Lipinski definition) is 3. The Morgan fingerprint density at radius 3 is 2.40 bits per heavy atom. The van der Waals surface area contributed by atoms with Crippen LogP contribution in [0, 0.1) is 5.82 Å². The van der Waals surface area contributed by atoms with Crippen molar-refractivity contribution in [1.82, 2.24) is 4.98 Å². The van der Waals surface area contributed by atoms with Crippen molar-refractivity contribution in [3.05, 3.63) is 89.0 Å². The van der Waals surface area contributed by atoms with Crippen molar-refractivity contribution in [3.8, 4) is 0 Å². The summed E-state index contributed by atoms with van der Waals surface area (Å²) in [5.74, 6) is -0.714. The standard InChI is InChI=1S/C19H15ClFN3O/c20-17-4-2-1-3-13(17)11-22-16-9-10-18(23-12-16)19(25)24-15-7-5-14(21)6-8-15/h1-10,12,22H,11H2,(H,24,25). The summed E-state index contributed by atoms with van der Waals surface area (Å²) in [6.07, 6.45) is 1.58. The average molecular weight is 356 g/mol. The van der Waals surface area contributed by atoms with Crippen molar-refractivity contribution in [2.45, 2.75) is 6.54 Å². The van der Waals surface area contributed by atoms with E-state index in [0.29, 0.717) is 17.3 Å². The van der Waals surface area contributed by atoms with Gasteiger partial charge in [0.15, 0.2) is 0 Å². The lowest BCUT2D eigenvalue weighted by molar-refractivity contribution is 0.102. The molecule has 0 atom stereocenters. The zero-order valence-corrected chi connectivity index (χ0v) is 13.9. The number of nitrogens with one attached hydrogen (secondary N) is 2. The van der Waals surface area contributed by atoms with Crippen LogP contribution in [0.5, 0.6) is 0 Å². The Kier molecular flexibility index (Phi) is 5.26. The Morgan fingerprint density at radius 1 is 1.00 bits per heavy atom. The van der Waals surface area contributed by atoms with E-state index in [2.05, 4.69) is 15.6 Å². The van der Waals surface area contributed by atoms with Crippen molar-refractivity contribution >= 4 is 28.9 Å². The smallest absolute Gasteiger partial charge is 0.274 e. The number of aromatic nitrogens is 1. The van der Waals surface area contributed by atoms with E-state index in [9.17, 15) is 9.18 Å². The molecule has 0 radical (unpaired) electrons. The van der Waals surface area contributed by atoms with Gasteiger partial charge in [-0.05, 0) is 48.0 Å². The zero-order valence-electron chi connectivity index (χ0n) is 13.2. The Morgan fingerprint density at radius 2 is 1.72 bits per heavy atom. The van der Waals surface area contributed by atoms with Gasteiger partial charge in [-0.15, -0.1) is 0 Å². The maximum atomic E-state index is 12.9. The Bertz CT molecular complexity index is 867. The fraction of sp³-hybridized carbons (Fsp3) is 0.0526. The number of nitrogens with zero attached hydrogens (tertiary/aromatic N) is 1. The van der Waals surface area contributed by atoms with E-state index in [-0.39, 0.29) is 17.4 Å². The number of halogens is 2. The minimum Gasteiger partial charge on any atom is -0.380 e. The zero-order chi connectivity index (χ0) is 17.6. The van der Waals surface area contributed by atoms with Gasteiger partial charge >= 0.3 is 0 Å². The third-order valence-electron chi connectivity index (χ3n) is 3.54. The van der Waals surface area contributed by atoms with Crippen LogP contribution >= 0.6 is 11.6 Å². The second kappa shape index (κ2) is 7.77. The first-order valence-corrected chi connectivity index (χ1v) is 8.00. The lowest BCUT2D eigenvalue weighted by Gasteiger charge is -2.09. The molecule has 4 nitrogen and oxygen atoms in total. The van der Waals surface area contributed by atoms with Crippen LogP contribution in [0.3, 0.4) is 0 Å². The van der Waals surface area contributed by atoms with Crippen LogP contribution in [0.2, 0.25) is 5.02 Å². The summed E-state index contributed by atoms with van der Waals surface area (Å²) in [7, 11) is 0. The fourth-order valence-corrected chi connectivity index (χ4v) is 2.40. The lowest BCUT2D eigenvalue weighted by atomic mass is 10.2. The number of amides is 1. The summed E-state index contributed by atoms with van der Waals surface area (Å²) in [5, 5.41) is 6.56. The van der Waals surface area contributed by atoms with Gasteiger partial charge in [0.25, 0.3) is 5.91 Å². The first-order chi connectivity index (χ1) is 12.1. The van der Waals surface area contributed by atoms with Gasteiger partial charge in [-0.2, -0.15) is 0 Å². The molecule has 1 amide bonds. The molecule has 0 aliphatic rings.